The van der Waals surface area contributed by atoms with E-state index in [1.807, 2.05) is 25.3 Å². The maximum atomic E-state index is 11.9. The molecular formula is C21H21N5O2. The molecule has 1 saturated heterocycles. The van der Waals surface area contributed by atoms with E-state index in [0.717, 1.165) is 47.7 Å². The van der Waals surface area contributed by atoms with Crippen molar-refractivity contribution in [3.05, 3.63) is 53.1 Å². The molecule has 0 radical (unpaired) electrons. The standard InChI is InChI=1S/C21H21N5O2/c1-2-28-21(27)26-9-7-25(8-10-26)20-5-6-23-19-12-16(11-17(19)20)18-4-3-15(13-22)14-24-18/h3-6,11,14H,2,7-10,12H2,1H3. The molecule has 0 N–H and O–H groups in total. The van der Waals surface area contributed by atoms with Crippen LogP contribution in [0.4, 0.5) is 10.5 Å². The Morgan fingerprint density at radius 3 is 2.71 bits per heavy atom. The van der Waals surface area contributed by atoms with Crippen molar-refractivity contribution >= 4 is 23.4 Å². The Morgan fingerprint density at radius 2 is 2.04 bits per heavy atom. The predicted octanol–water partition coefficient (Wildman–Crippen LogP) is 2.72. The predicted molar refractivity (Wildman–Crippen MR) is 106 cm³/mol. The van der Waals surface area contributed by atoms with E-state index in [0.29, 0.717) is 25.3 Å². The van der Waals surface area contributed by atoms with Gasteiger partial charge in [0.1, 0.15) is 6.07 Å². The first-order valence-electron chi connectivity index (χ1n) is 9.41. The molecular weight excluding hydrogens is 354 g/mol. The first kappa shape index (κ1) is 18.0. The number of hydrogen-bond donors (Lipinski definition) is 0. The number of allylic oxidation sites excluding steroid dienone is 1. The summed E-state index contributed by atoms with van der Waals surface area (Å²) in [6.45, 7) is 5.02. The second kappa shape index (κ2) is 7.69. The van der Waals surface area contributed by atoms with Gasteiger partial charge in [0.25, 0.3) is 0 Å². The zero-order valence-electron chi connectivity index (χ0n) is 15.8. The summed E-state index contributed by atoms with van der Waals surface area (Å²) in [6.07, 6.45) is 6.07. The molecule has 3 heterocycles. The number of pyridine rings is 2. The molecule has 142 valence electrons. The third-order valence-electron chi connectivity index (χ3n) is 5.09. The van der Waals surface area contributed by atoms with Gasteiger partial charge < -0.3 is 14.5 Å². The molecule has 28 heavy (non-hydrogen) atoms. The fourth-order valence-corrected chi connectivity index (χ4v) is 3.64. The summed E-state index contributed by atoms with van der Waals surface area (Å²) in [5.41, 5.74) is 5.81. The van der Waals surface area contributed by atoms with Crippen molar-refractivity contribution in [3.63, 3.8) is 0 Å². The van der Waals surface area contributed by atoms with Crippen molar-refractivity contribution in [2.24, 2.45) is 0 Å². The first-order valence-corrected chi connectivity index (χ1v) is 9.41. The van der Waals surface area contributed by atoms with E-state index in [9.17, 15) is 4.79 Å². The number of ether oxygens (including phenoxy) is 1. The van der Waals surface area contributed by atoms with Crippen LogP contribution < -0.4 is 4.90 Å². The molecule has 4 rings (SSSR count). The van der Waals surface area contributed by atoms with Gasteiger partial charge in [-0.1, -0.05) is 0 Å². The van der Waals surface area contributed by atoms with Crippen LogP contribution in [0, 0.1) is 11.3 Å². The number of hydrogen-bond acceptors (Lipinski definition) is 6. The lowest BCUT2D eigenvalue weighted by atomic mass is 10.1. The van der Waals surface area contributed by atoms with Crippen molar-refractivity contribution in [1.29, 1.82) is 5.26 Å². The number of nitriles is 1. The van der Waals surface area contributed by atoms with Gasteiger partial charge in [0.05, 0.1) is 23.6 Å². The molecule has 7 heteroatoms. The van der Waals surface area contributed by atoms with E-state index in [2.05, 4.69) is 27.0 Å². The highest BCUT2D eigenvalue weighted by Crippen LogP contribution is 2.35. The molecule has 1 aliphatic heterocycles. The lowest BCUT2D eigenvalue weighted by molar-refractivity contribution is 0.105. The lowest BCUT2D eigenvalue weighted by Gasteiger charge is -2.36. The van der Waals surface area contributed by atoms with Crippen LogP contribution in [0.1, 0.15) is 29.4 Å². The Balaban J connectivity index is 1.53. The number of amides is 1. The number of aromatic nitrogens is 2. The summed E-state index contributed by atoms with van der Waals surface area (Å²) in [6, 6.07) is 7.80. The van der Waals surface area contributed by atoms with Gasteiger partial charge in [-0.25, -0.2) is 4.79 Å². The molecule has 0 saturated carbocycles. The number of carbonyl (C=O) groups excluding carboxylic acids is 1. The van der Waals surface area contributed by atoms with Gasteiger partial charge in [0.2, 0.25) is 0 Å². The highest BCUT2D eigenvalue weighted by atomic mass is 16.6. The van der Waals surface area contributed by atoms with Crippen LogP contribution >= 0.6 is 0 Å². The third kappa shape index (κ3) is 3.41. The summed E-state index contributed by atoms with van der Waals surface area (Å²) in [5.74, 6) is 0. The highest BCUT2D eigenvalue weighted by molar-refractivity contribution is 5.91. The smallest absolute Gasteiger partial charge is 0.409 e. The van der Waals surface area contributed by atoms with Crippen LogP contribution in [0.2, 0.25) is 0 Å². The molecule has 0 bridgehead atoms. The van der Waals surface area contributed by atoms with Crippen molar-refractivity contribution in [3.8, 4) is 6.07 Å². The average molecular weight is 375 g/mol. The van der Waals surface area contributed by atoms with Gasteiger partial charge in [-0.05, 0) is 36.8 Å². The number of piperazine rings is 1. The minimum atomic E-state index is -0.240. The van der Waals surface area contributed by atoms with E-state index in [4.69, 9.17) is 10.00 Å². The molecule has 7 nitrogen and oxygen atoms in total. The number of nitrogens with zero attached hydrogens (tertiary/aromatic N) is 5. The van der Waals surface area contributed by atoms with Crippen molar-refractivity contribution in [2.45, 2.75) is 13.3 Å². The fourth-order valence-electron chi connectivity index (χ4n) is 3.64. The quantitative estimate of drug-likeness (QED) is 0.820. The van der Waals surface area contributed by atoms with Crippen molar-refractivity contribution < 1.29 is 9.53 Å². The minimum absolute atomic E-state index is 0.240. The first-order chi connectivity index (χ1) is 13.7. The van der Waals surface area contributed by atoms with Crippen molar-refractivity contribution in [2.75, 3.05) is 37.7 Å². The number of carbonyl (C=O) groups is 1. The second-order valence-electron chi connectivity index (χ2n) is 6.75. The Morgan fingerprint density at radius 1 is 1.21 bits per heavy atom. The zero-order valence-corrected chi connectivity index (χ0v) is 15.8. The fraction of sp³-hybridized carbons (Fsp3) is 0.333. The van der Waals surface area contributed by atoms with Crippen LogP contribution in [0.3, 0.4) is 0 Å². The number of rotatable bonds is 3. The molecule has 2 aromatic heterocycles. The SMILES string of the molecule is CCOC(=O)N1CCN(c2ccnc3c2C=C(c2ccc(C#N)cn2)C3)CC1. The minimum Gasteiger partial charge on any atom is -0.450 e. The topological polar surface area (TPSA) is 82.4 Å². The van der Waals surface area contributed by atoms with Crippen LogP contribution in [0.15, 0.2) is 30.6 Å². The third-order valence-corrected chi connectivity index (χ3v) is 5.09. The molecule has 2 aliphatic rings. The van der Waals surface area contributed by atoms with Gasteiger partial charge in [0, 0.05) is 56.2 Å². The maximum Gasteiger partial charge on any atom is 0.409 e. The normalized spacial score (nSPS) is 15.6. The van der Waals surface area contributed by atoms with Gasteiger partial charge in [-0.3, -0.25) is 9.97 Å². The van der Waals surface area contributed by atoms with Gasteiger partial charge in [0.15, 0.2) is 0 Å². The molecule has 0 spiro atoms. The van der Waals surface area contributed by atoms with Crippen LogP contribution in [0.5, 0.6) is 0 Å². The van der Waals surface area contributed by atoms with Crippen LogP contribution in [-0.2, 0) is 11.2 Å². The highest BCUT2D eigenvalue weighted by Gasteiger charge is 2.26. The van der Waals surface area contributed by atoms with E-state index >= 15 is 0 Å². The van der Waals surface area contributed by atoms with E-state index in [-0.39, 0.29) is 6.09 Å². The van der Waals surface area contributed by atoms with Crippen LogP contribution in [-0.4, -0.2) is 53.7 Å². The molecule has 1 fully saturated rings. The molecule has 0 unspecified atom stereocenters. The molecule has 2 aromatic rings. The van der Waals surface area contributed by atoms with E-state index in [1.165, 1.54) is 0 Å². The summed E-state index contributed by atoms with van der Waals surface area (Å²) in [5, 5.41) is 8.95. The summed E-state index contributed by atoms with van der Waals surface area (Å²) >= 11 is 0. The van der Waals surface area contributed by atoms with Gasteiger partial charge in [-0.2, -0.15) is 5.26 Å². The number of anilines is 1. The summed E-state index contributed by atoms with van der Waals surface area (Å²) < 4.78 is 5.10. The molecule has 0 atom stereocenters. The van der Waals surface area contributed by atoms with Crippen molar-refractivity contribution in [1.82, 2.24) is 14.9 Å². The Bertz CT molecular complexity index is 954. The van der Waals surface area contributed by atoms with Crippen LogP contribution in [0.25, 0.3) is 11.6 Å². The largest absolute Gasteiger partial charge is 0.450 e. The summed E-state index contributed by atoms with van der Waals surface area (Å²) in [7, 11) is 0. The van der Waals surface area contributed by atoms with E-state index < -0.39 is 0 Å². The lowest BCUT2D eigenvalue weighted by Crippen LogP contribution is -2.49. The molecule has 1 aliphatic carbocycles. The molecule has 0 aromatic carbocycles. The van der Waals surface area contributed by atoms with E-state index in [1.54, 1.807) is 17.2 Å². The molecule has 1 amide bonds. The monoisotopic (exact) mass is 375 g/mol. The van der Waals surface area contributed by atoms with Gasteiger partial charge in [-0.15, -0.1) is 0 Å². The Kier molecular flexibility index (Phi) is 4.94. The Hall–Kier alpha value is -3.40. The zero-order chi connectivity index (χ0) is 19.5. The Labute approximate surface area is 163 Å². The van der Waals surface area contributed by atoms with Gasteiger partial charge >= 0.3 is 6.09 Å². The average Bonchev–Trinajstić information content (AvgIpc) is 3.18. The number of fused-ring (bicyclic) bond motifs is 1. The second-order valence-corrected chi connectivity index (χ2v) is 6.75. The maximum absolute atomic E-state index is 11.9. The summed E-state index contributed by atoms with van der Waals surface area (Å²) in [4.78, 5) is 24.9.